The minimum atomic E-state index is -0.839. The zero-order valence-electron chi connectivity index (χ0n) is 21.8. The first-order valence-corrected chi connectivity index (χ1v) is 12.2. The Bertz CT molecular complexity index is 1340. The summed E-state index contributed by atoms with van der Waals surface area (Å²) in [5, 5.41) is 11.6. The Morgan fingerprint density at radius 1 is 1.03 bits per heavy atom. The van der Waals surface area contributed by atoms with Crippen LogP contribution in [0.1, 0.15) is 56.0 Å². The van der Waals surface area contributed by atoms with Gasteiger partial charge in [0.15, 0.2) is 0 Å². The van der Waals surface area contributed by atoms with Crippen molar-refractivity contribution in [2.45, 2.75) is 45.7 Å². The van der Waals surface area contributed by atoms with Crippen molar-refractivity contribution in [3.8, 4) is 11.5 Å². The third-order valence-electron chi connectivity index (χ3n) is 6.44. The number of ether oxygens (including phenoxy) is 2. The topological polar surface area (TPSA) is 89.0 Å². The molecule has 7 nitrogen and oxygen atoms in total. The summed E-state index contributed by atoms with van der Waals surface area (Å²) in [5.74, 6) is -0.432. The van der Waals surface area contributed by atoms with E-state index in [4.69, 9.17) is 9.47 Å². The third kappa shape index (κ3) is 5.07. The first kappa shape index (κ1) is 25.9. The van der Waals surface area contributed by atoms with Crippen molar-refractivity contribution < 1.29 is 24.2 Å². The van der Waals surface area contributed by atoms with Crippen molar-refractivity contribution in [3.63, 3.8) is 0 Å². The van der Waals surface area contributed by atoms with E-state index in [1.165, 1.54) is 12.0 Å². The van der Waals surface area contributed by atoms with Crippen molar-refractivity contribution in [3.05, 3.63) is 94.8 Å². The largest absolute Gasteiger partial charge is 0.507 e. The van der Waals surface area contributed by atoms with Gasteiger partial charge in [-0.25, -0.2) is 0 Å². The summed E-state index contributed by atoms with van der Waals surface area (Å²) in [6, 6.07) is 15.3. The van der Waals surface area contributed by atoms with E-state index in [1.807, 2.05) is 25.1 Å². The van der Waals surface area contributed by atoms with Crippen molar-refractivity contribution in [2.24, 2.45) is 0 Å². The number of Topliss-reactive ketones (excluding diaryl/α,β-unsaturated/α-hetero) is 1. The van der Waals surface area contributed by atoms with Crippen LogP contribution < -0.4 is 9.47 Å². The number of amides is 1. The Morgan fingerprint density at radius 3 is 2.38 bits per heavy atom. The molecule has 0 saturated carbocycles. The van der Waals surface area contributed by atoms with Gasteiger partial charge in [0.1, 0.15) is 17.3 Å². The highest BCUT2D eigenvalue weighted by Crippen LogP contribution is 2.44. The van der Waals surface area contributed by atoms with Gasteiger partial charge >= 0.3 is 0 Å². The molecule has 1 atom stereocenters. The van der Waals surface area contributed by atoms with Gasteiger partial charge in [-0.2, -0.15) is 0 Å². The zero-order valence-corrected chi connectivity index (χ0v) is 21.8. The van der Waals surface area contributed by atoms with Crippen LogP contribution in [-0.2, 0) is 21.5 Å². The van der Waals surface area contributed by atoms with Gasteiger partial charge in [-0.1, -0.05) is 39.0 Å². The van der Waals surface area contributed by atoms with Gasteiger partial charge in [-0.05, 0) is 54.3 Å². The Balaban J connectivity index is 1.92. The van der Waals surface area contributed by atoms with Gasteiger partial charge in [0.2, 0.25) is 0 Å². The lowest BCUT2D eigenvalue weighted by Crippen LogP contribution is -2.29. The number of hydrogen-bond acceptors (Lipinski definition) is 6. The molecule has 37 heavy (non-hydrogen) atoms. The van der Waals surface area contributed by atoms with Crippen LogP contribution in [-0.4, -0.2) is 40.4 Å². The number of pyridine rings is 1. The number of likely N-dealkylation sites (tertiary alicyclic amines) is 1. The Kier molecular flexibility index (Phi) is 7.34. The van der Waals surface area contributed by atoms with E-state index in [0.29, 0.717) is 29.2 Å². The second-order valence-corrected chi connectivity index (χ2v) is 9.92. The lowest BCUT2D eigenvalue weighted by Gasteiger charge is -2.27. The lowest BCUT2D eigenvalue weighted by molar-refractivity contribution is -0.140. The molecule has 4 rings (SSSR count). The molecule has 3 aromatic rings. The summed E-state index contributed by atoms with van der Waals surface area (Å²) in [7, 11) is 1.54. The standard InChI is InChI=1S/C30H32N2O5/c1-6-37-24-12-11-20(17-22(24)30(2,3)4)27(33)25-26(21-9-7-8-10-23(21)36-5)32(29(35)28(25)34)18-19-13-15-31-16-14-19/h7-17,26,33H,6,18H2,1-5H3/b27-25+. The molecule has 0 bridgehead atoms. The summed E-state index contributed by atoms with van der Waals surface area (Å²) >= 11 is 0. The Labute approximate surface area is 217 Å². The van der Waals surface area contributed by atoms with Gasteiger partial charge in [0.05, 0.1) is 25.3 Å². The minimum absolute atomic E-state index is 0.0209. The fourth-order valence-electron chi connectivity index (χ4n) is 4.64. The molecule has 1 fully saturated rings. The van der Waals surface area contributed by atoms with Crippen LogP contribution in [0, 0.1) is 0 Å². The van der Waals surface area contributed by atoms with Gasteiger partial charge in [0, 0.05) is 35.6 Å². The Morgan fingerprint density at radius 2 is 1.73 bits per heavy atom. The van der Waals surface area contributed by atoms with Crippen LogP contribution in [0.3, 0.4) is 0 Å². The van der Waals surface area contributed by atoms with E-state index in [9.17, 15) is 14.7 Å². The van der Waals surface area contributed by atoms with Crippen LogP contribution in [0.15, 0.2) is 72.6 Å². The molecular formula is C30H32N2O5. The fourth-order valence-corrected chi connectivity index (χ4v) is 4.64. The molecule has 0 radical (unpaired) electrons. The molecule has 0 spiro atoms. The molecular weight excluding hydrogens is 468 g/mol. The van der Waals surface area contributed by atoms with Gasteiger partial charge < -0.3 is 19.5 Å². The summed E-state index contributed by atoms with van der Waals surface area (Å²) < 4.78 is 11.4. The van der Waals surface area contributed by atoms with Gasteiger partial charge in [0.25, 0.3) is 11.7 Å². The molecule has 1 N–H and O–H groups in total. The first-order valence-electron chi connectivity index (χ1n) is 12.2. The van der Waals surface area contributed by atoms with E-state index < -0.39 is 17.7 Å². The fraction of sp³-hybridized carbons (Fsp3) is 0.300. The average Bonchev–Trinajstić information content (AvgIpc) is 3.13. The number of methoxy groups -OCH3 is 1. The maximum Gasteiger partial charge on any atom is 0.295 e. The minimum Gasteiger partial charge on any atom is -0.507 e. The highest BCUT2D eigenvalue weighted by atomic mass is 16.5. The monoisotopic (exact) mass is 500 g/mol. The number of rotatable bonds is 7. The van der Waals surface area contributed by atoms with Crippen molar-refractivity contribution >= 4 is 17.4 Å². The molecule has 192 valence electrons. The van der Waals surface area contributed by atoms with E-state index in [1.54, 1.807) is 48.8 Å². The van der Waals surface area contributed by atoms with Crippen molar-refractivity contribution in [1.82, 2.24) is 9.88 Å². The number of hydrogen-bond donors (Lipinski definition) is 1. The molecule has 1 saturated heterocycles. The second kappa shape index (κ2) is 10.5. The van der Waals surface area contributed by atoms with E-state index in [0.717, 1.165) is 11.1 Å². The predicted molar refractivity (Wildman–Crippen MR) is 141 cm³/mol. The number of aliphatic hydroxyl groups excluding tert-OH is 1. The number of aliphatic hydroxyl groups is 1. The van der Waals surface area contributed by atoms with Crippen molar-refractivity contribution in [1.29, 1.82) is 0 Å². The average molecular weight is 501 g/mol. The summed E-state index contributed by atoms with van der Waals surface area (Å²) in [6.45, 7) is 8.74. The van der Waals surface area contributed by atoms with Crippen molar-refractivity contribution in [2.75, 3.05) is 13.7 Å². The number of para-hydroxylation sites is 1. The molecule has 2 aromatic carbocycles. The number of carbonyl (C=O) groups excluding carboxylic acids is 2. The van der Waals surface area contributed by atoms with Gasteiger partial charge in [-0.3, -0.25) is 14.6 Å². The molecule has 1 aliphatic rings. The van der Waals surface area contributed by atoms with E-state index in [-0.39, 0.29) is 23.3 Å². The van der Waals surface area contributed by atoms with E-state index >= 15 is 0 Å². The molecule has 2 heterocycles. The first-order chi connectivity index (χ1) is 17.7. The summed E-state index contributed by atoms with van der Waals surface area (Å²) in [6.07, 6.45) is 3.27. The van der Waals surface area contributed by atoms with Crippen LogP contribution in [0.5, 0.6) is 11.5 Å². The third-order valence-corrected chi connectivity index (χ3v) is 6.44. The number of aromatic nitrogens is 1. The highest BCUT2D eigenvalue weighted by Gasteiger charge is 2.47. The van der Waals surface area contributed by atoms with Crippen LogP contribution in [0.2, 0.25) is 0 Å². The smallest absolute Gasteiger partial charge is 0.295 e. The molecule has 0 aliphatic carbocycles. The van der Waals surface area contributed by atoms with Crippen LogP contribution in [0.4, 0.5) is 0 Å². The zero-order chi connectivity index (χ0) is 26.7. The highest BCUT2D eigenvalue weighted by molar-refractivity contribution is 6.46. The number of benzene rings is 2. The maximum absolute atomic E-state index is 13.5. The normalized spacial score (nSPS) is 17.2. The Hall–Kier alpha value is -4.13. The summed E-state index contributed by atoms with van der Waals surface area (Å²) in [5.41, 5.74) is 2.49. The summed E-state index contributed by atoms with van der Waals surface area (Å²) in [4.78, 5) is 32.3. The molecule has 1 unspecified atom stereocenters. The van der Waals surface area contributed by atoms with Crippen LogP contribution in [0.25, 0.3) is 5.76 Å². The number of nitrogens with zero attached hydrogens (tertiary/aromatic N) is 2. The molecule has 1 aliphatic heterocycles. The van der Waals surface area contributed by atoms with E-state index in [2.05, 4.69) is 25.8 Å². The maximum atomic E-state index is 13.5. The lowest BCUT2D eigenvalue weighted by atomic mass is 9.84. The molecule has 7 heteroatoms. The predicted octanol–water partition coefficient (Wildman–Crippen LogP) is 5.41. The molecule has 1 aromatic heterocycles. The van der Waals surface area contributed by atoms with Crippen LogP contribution >= 0.6 is 0 Å². The quantitative estimate of drug-likeness (QED) is 0.265. The number of ketones is 1. The SMILES string of the molecule is CCOc1ccc(/C(O)=C2\C(=O)C(=O)N(Cc3ccncc3)C2c2ccccc2OC)cc1C(C)(C)C. The van der Waals surface area contributed by atoms with Gasteiger partial charge in [-0.15, -0.1) is 0 Å². The second-order valence-electron chi connectivity index (χ2n) is 9.92. The number of carbonyl (C=O) groups is 2. The molecule has 1 amide bonds.